The molecule has 1 aromatic rings. The zero-order valence-electron chi connectivity index (χ0n) is 13.1. The fraction of sp³-hybridized carbons (Fsp3) is 0.611. The van der Waals surface area contributed by atoms with Gasteiger partial charge in [-0.25, -0.2) is 0 Å². The summed E-state index contributed by atoms with van der Waals surface area (Å²) in [6.45, 7) is 3.99. The zero-order valence-corrected chi connectivity index (χ0v) is 13.1. The minimum atomic E-state index is -0.549. The van der Waals surface area contributed by atoms with Crippen LogP contribution in [-0.4, -0.2) is 23.2 Å². The Balaban J connectivity index is 1.91. The molecule has 0 bridgehead atoms. The summed E-state index contributed by atoms with van der Waals surface area (Å²) >= 11 is 0. The first-order chi connectivity index (χ1) is 10.1. The fourth-order valence-corrected chi connectivity index (χ4v) is 3.28. The highest BCUT2D eigenvalue weighted by molar-refractivity contribution is 5.83. The molecule has 0 aromatic heterocycles. The smallest absolute Gasteiger partial charge is 0.226 e. The molecule has 1 fully saturated rings. The molecular formula is C18H27NO2. The van der Waals surface area contributed by atoms with Crippen LogP contribution in [0.2, 0.25) is 0 Å². The Kier molecular flexibility index (Phi) is 5.40. The largest absolute Gasteiger partial charge is 0.391 e. The van der Waals surface area contributed by atoms with E-state index in [1.807, 2.05) is 37.3 Å². The van der Waals surface area contributed by atoms with Crippen molar-refractivity contribution in [2.75, 3.05) is 0 Å². The van der Waals surface area contributed by atoms with E-state index in [0.717, 1.165) is 37.7 Å². The van der Waals surface area contributed by atoms with E-state index in [0.29, 0.717) is 6.42 Å². The van der Waals surface area contributed by atoms with E-state index in [2.05, 4.69) is 12.2 Å². The van der Waals surface area contributed by atoms with Crippen molar-refractivity contribution in [3.8, 4) is 0 Å². The molecule has 3 nitrogen and oxygen atoms in total. The minimum Gasteiger partial charge on any atom is -0.391 e. The molecule has 2 N–H and O–H groups in total. The molecular weight excluding hydrogens is 262 g/mol. The van der Waals surface area contributed by atoms with Crippen molar-refractivity contribution < 1.29 is 9.90 Å². The van der Waals surface area contributed by atoms with Crippen LogP contribution in [0.15, 0.2) is 30.3 Å². The van der Waals surface area contributed by atoms with Crippen LogP contribution in [0.1, 0.15) is 51.5 Å². The van der Waals surface area contributed by atoms with Gasteiger partial charge in [0.05, 0.1) is 12.1 Å². The molecule has 0 saturated heterocycles. The van der Waals surface area contributed by atoms with Crippen molar-refractivity contribution in [1.82, 2.24) is 5.32 Å². The molecule has 1 aliphatic carbocycles. The van der Waals surface area contributed by atoms with Gasteiger partial charge in [-0.05, 0) is 31.7 Å². The van der Waals surface area contributed by atoms with Crippen LogP contribution in [0.3, 0.4) is 0 Å². The summed E-state index contributed by atoms with van der Waals surface area (Å²) in [7, 11) is 0. The number of hydrogen-bond acceptors (Lipinski definition) is 2. The van der Waals surface area contributed by atoms with E-state index < -0.39 is 6.10 Å². The Hall–Kier alpha value is -1.35. The van der Waals surface area contributed by atoms with Gasteiger partial charge in [0.1, 0.15) is 0 Å². The number of nitrogens with one attached hydrogen (secondary N) is 1. The Morgan fingerprint density at radius 3 is 2.48 bits per heavy atom. The van der Waals surface area contributed by atoms with E-state index in [-0.39, 0.29) is 17.4 Å². The lowest BCUT2D eigenvalue weighted by Crippen LogP contribution is -2.48. The number of hydrogen-bond donors (Lipinski definition) is 2. The van der Waals surface area contributed by atoms with Gasteiger partial charge >= 0.3 is 0 Å². The van der Waals surface area contributed by atoms with Crippen LogP contribution < -0.4 is 5.32 Å². The number of carbonyl (C=O) groups is 1. The van der Waals surface area contributed by atoms with Gasteiger partial charge in [-0.1, -0.05) is 50.1 Å². The highest BCUT2D eigenvalue weighted by Crippen LogP contribution is 2.41. The minimum absolute atomic E-state index is 0.127. The average molecular weight is 289 g/mol. The number of rotatable bonds is 6. The molecule has 2 atom stereocenters. The molecule has 0 aliphatic heterocycles. The lowest BCUT2D eigenvalue weighted by Gasteiger charge is -2.29. The summed E-state index contributed by atoms with van der Waals surface area (Å²) in [6, 6.07) is 9.68. The molecule has 1 aliphatic rings. The van der Waals surface area contributed by atoms with Gasteiger partial charge in [-0.2, -0.15) is 0 Å². The van der Waals surface area contributed by atoms with E-state index in [9.17, 15) is 9.90 Å². The molecule has 0 heterocycles. The van der Waals surface area contributed by atoms with E-state index in [1.165, 1.54) is 0 Å². The van der Waals surface area contributed by atoms with Gasteiger partial charge in [0, 0.05) is 11.8 Å². The monoisotopic (exact) mass is 289 g/mol. The first-order valence-electron chi connectivity index (χ1n) is 8.10. The maximum Gasteiger partial charge on any atom is 0.226 e. The van der Waals surface area contributed by atoms with Crippen LogP contribution in [0.4, 0.5) is 0 Å². The second-order valence-corrected chi connectivity index (χ2v) is 6.36. The van der Waals surface area contributed by atoms with Gasteiger partial charge < -0.3 is 10.4 Å². The number of benzene rings is 1. The maximum absolute atomic E-state index is 12.5. The number of aliphatic hydroxyl groups excluding tert-OH is 1. The van der Waals surface area contributed by atoms with E-state index in [4.69, 9.17) is 0 Å². The summed E-state index contributed by atoms with van der Waals surface area (Å²) in [4.78, 5) is 12.5. The fourth-order valence-electron chi connectivity index (χ4n) is 3.28. The topological polar surface area (TPSA) is 49.3 Å². The van der Waals surface area contributed by atoms with Crippen molar-refractivity contribution in [2.24, 2.45) is 5.41 Å². The van der Waals surface area contributed by atoms with Crippen LogP contribution in [-0.2, 0) is 11.2 Å². The number of aliphatic hydroxyl groups is 1. The first kappa shape index (κ1) is 16.0. The molecule has 0 spiro atoms. The van der Waals surface area contributed by atoms with Gasteiger partial charge in [0.25, 0.3) is 0 Å². The molecule has 0 radical (unpaired) electrons. The summed E-state index contributed by atoms with van der Waals surface area (Å²) in [5.41, 5.74) is 0.901. The maximum atomic E-state index is 12.5. The Bertz CT molecular complexity index is 452. The molecule has 1 amide bonds. The molecule has 1 saturated carbocycles. The van der Waals surface area contributed by atoms with Gasteiger partial charge in [-0.3, -0.25) is 4.79 Å². The molecule has 21 heavy (non-hydrogen) atoms. The third-order valence-electron chi connectivity index (χ3n) is 4.94. The summed E-state index contributed by atoms with van der Waals surface area (Å²) < 4.78 is 0. The van der Waals surface area contributed by atoms with Crippen LogP contribution in [0.25, 0.3) is 0 Å². The van der Waals surface area contributed by atoms with Crippen LogP contribution >= 0.6 is 0 Å². The van der Waals surface area contributed by atoms with Crippen molar-refractivity contribution >= 4 is 5.91 Å². The molecule has 1 aromatic carbocycles. The van der Waals surface area contributed by atoms with Crippen LogP contribution in [0.5, 0.6) is 0 Å². The van der Waals surface area contributed by atoms with Crippen molar-refractivity contribution in [3.05, 3.63) is 35.9 Å². The van der Waals surface area contributed by atoms with Crippen molar-refractivity contribution in [1.29, 1.82) is 0 Å². The third-order valence-corrected chi connectivity index (χ3v) is 4.94. The summed E-state index contributed by atoms with van der Waals surface area (Å²) in [5, 5.41) is 13.3. The van der Waals surface area contributed by atoms with Gasteiger partial charge in [0.2, 0.25) is 5.91 Å². The second kappa shape index (κ2) is 7.08. The van der Waals surface area contributed by atoms with Crippen LogP contribution in [0, 0.1) is 5.41 Å². The Morgan fingerprint density at radius 2 is 1.90 bits per heavy atom. The van der Waals surface area contributed by atoms with Gasteiger partial charge in [0.15, 0.2) is 0 Å². The summed E-state index contributed by atoms with van der Waals surface area (Å²) in [5.74, 6) is 0.127. The molecule has 2 unspecified atom stereocenters. The Morgan fingerprint density at radius 1 is 1.29 bits per heavy atom. The normalized spacial score (nSPS) is 20.0. The first-order valence-corrected chi connectivity index (χ1v) is 8.10. The Labute approximate surface area is 127 Å². The number of amides is 1. The second-order valence-electron chi connectivity index (χ2n) is 6.36. The lowest BCUT2D eigenvalue weighted by atomic mass is 9.82. The third kappa shape index (κ3) is 3.85. The quantitative estimate of drug-likeness (QED) is 0.845. The van der Waals surface area contributed by atoms with E-state index in [1.54, 1.807) is 0 Å². The van der Waals surface area contributed by atoms with Crippen molar-refractivity contribution in [2.45, 2.75) is 64.5 Å². The summed E-state index contributed by atoms with van der Waals surface area (Å²) in [6.07, 6.45) is 5.16. The standard InChI is InChI=1S/C18H27NO2/c1-3-18(11-7-8-12-18)17(21)19-14(2)16(20)13-15-9-5-4-6-10-15/h4-6,9-10,14,16,20H,3,7-8,11-13H2,1-2H3,(H,19,21). The van der Waals surface area contributed by atoms with E-state index >= 15 is 0 Å². The zero-order chi connectivity index (χ0) is 15.3. The van der Waals surface area contributed by atoms with Gasteiger partial charge in [-0.15, -0.1) is 0 Å². The highest BCUT2D eigenvalue weighted by Gasteiger charge is 2.40. The highest BCUT2D eigenvalue weighted by atomic mass is 16.3. The number of carbonyl (C=O) groups excluding carboxylic acids is 1. The predicted octanol–water partition coefficient (Wildman–Crippen LogP) is 3.07. The SMILES string of the molecule is CCC1(C(=O)NC(C)C(O)Cc2ccccc2)CCCC1. The lowest BCUT2D eigenvalue weighted by molar-refractivity contribution is -0.132. The molecule has 2 rings (SSSR count). The molecule has 116 valence electrons. The predicted molar refractivity (Wildman–Crippen MR) is 84.9 cm³/mol. The van der Waals surface area contributed by atoms with Crippen molar-refractivity contribution in [3.63, 3.8) is 0 Å². The molecule has 3 heteroatoms. The average Bonchev–Trinajstić information content (AvgIpc) is 2.98.